The van der Waals surface area contributed by atoms with E-state index in [0.29, 0.717) is 6.04 Å². The minimum Gasteiger partial charge on any atom is -0.395 e. The predicted molar refractivity (Wildman–Crippen MR) is 68.1 cm³/mol. The zero-order chi connectivity index (χ0) is 12.3. The van der Waals surface area contributed by atoms with Crippen LogP contribution in [0.15, 0.2) is 0 Å². The first-order valence-corrected chi connectivity index (χ1v) is 6.79. The average Bonchev–Trinajstić information content (AvgIpc) is 3.12. The van der Waals surface area contributed by atoms with Gasteiger partial charge in [0.05, 0.1) is 12.2 Å². The molecule has 4 heteroatoms. The highest BCUT2D eigenvalue weighted by Crippen LogP contribution is 2.24. The summed E-state index contributed by atoms with van der Waals surface area (Å²) in [5, 5.41) is 12.9. The Morgan fingerprint density at radius 1 is 1.53 bits per heavy atom. The third-order valence-electron chi connectivity index (χ3n) is 3.98. The standard InChI is InChI=1S/C13H26N2O2/c1-13(17-2)6-3-7-15(10-13)8-12(9-16)14-11-4-5-11/h11-12,14,16H,3-10H2,1-2H3. The van der Waals surface area contributed by atoms with Crippen LogP contribution in [-0.4, -0.2) is 61.0 Å². The first kappa shape index (κ1) is 13.3. The Hall–Kier alpha value is -0.160. The van der Waals surface area contributed by atoms with E-state index in [1.807, 2.05) is 0 Å². The Kier molecular flexibility index (Phi) is 4.42. The molecule has 4 nitrogen and oxygen atoms in total. The molecule has 2 atom stereocenters. The maximum Gasteiger partial charge on any atom is 0.0777 e. The molecule has 100 valence electrons. The zero-order valence-corrected chi connectivity index (χ0v) is 11.1. The van der Waals surface area contributed by atoms with Crippen molar-refractivity contribution in [1.29, 1.82) is 0 Å². The predicted octanol–water partition coefficient (Wildman–Crippen LogP) is 0.600. The topological polar surface area (TPSA) is 44.7 Å². The van der Waals surface area contributed by atoms with Crippen molar-refractivity contribution >= 4 is 0 Å². The summed E-state index contributed by atoms with van der Waals surface area (Å²) in [4.78, 5) is 2.42. The van der Waals surface area contributed by atoms with Gasteiger partial charge in [0.15, 0.2) is 0 Å². The van der Waals surface area contributed by atoms with Gasteiger partial charge < -0.3 is 15.2 Å². The summed E-state index contributed by atoms with van der Waals surface area (Å²) in [5.41, 5.74) is -0.00215. The Morgan fingerprint density at radius 2 is 2.29 bits per heavy atom. The second-order valence-corrected chi connectivity index (χ2v) is 5.81. The fourth-order valence-electron chi connectivity index (χ4n) is 2.69. The fraction of sp³-hybridized carbons (Fsp3) is 1.00. The molecule has 1 heterocycles. The molecule has 17 heavy (non-hydrogen) atoms. The van der Waals surface area contributed by atoms with Crippen molar-refractivity contribution in [3.63, 3.8) is 0 Å². The third kappa shape index (κ3) is 3.91. The minimum absolute atomic E-state index is 0.00215. The molecule has 0 aromatic carbocycles. The highest BCUT2D eigenvalue weighted by Gasteiger charge is 2.32. The molecule has 2 rings (SSSR count). The molecule has 2 N–H and O–H groups in total. The number of aliphatic hydroxyl groups is 1. The van der Waals surface area contributed by atoms with E-state index in [-0.39, 0.29) is 18.2 Å². The highest BCUT2D eigenvalue weighted by atomic mass is 16.5. The van der Waals surface area contributed by atoms with E-state index in [4.69, 9.17) is 4.74 Å². The van der Waals surface area contributed by atoms with Gasteiger partial charge in [-0.05, 0) is 39.2 Å². The smallest absolute Gasteiger partial charge is 0.0777 e. The fourth-order valence-corrected chi connectivity index (χ4v) is 2.69. The maximum atomic E-state index is 9.40. The SMILES string of the molecule is COC1(C)CCCN(CC(CO)NC2CC2)C1. The van der Waals surface area contributed by atoms with E-state index in [0.717, 1.165) is 26.1 Å². The quantitative estimate of drug-likeness (QED) is 0.716. The van der Waals surface area contributed by atoms with E-state index in [1.54, 1.807) is 7.11 Å². The lowest BCUT2D eigenvalue weighted by Gasteiger charge is -2.40. The Balaban J connectivity index is 1.79. The zero-order valence-electron chi connectivity index (χ0n) is 11.1. The molecule has 2 unspecified atom stereocenters. The number of hydrogen-bond acceptors (Lipinski definition) is 4. The van der Waals surface area contributed by atoms with Crippen LogP contribution in [0.25, 0.3) is 0 Å². The normalized spacial score (nSPS) is 32.6. The molecule has 0 amide bonds. The van der Waals surface area contributed by atoms with Crippen LogP contribution in [0, 0.1) is 0 Å². The second kappa shape index (κ2) is 5.65. The first-order valence-electron chi connectivity index (χ1n) is 6.79. The number of piperidine rings is 1. The summed E-state index contributed by atoms with van der Waals surface area (Å²) in [6.45, 7) is 5.46. The Morgan fingerprint density at radius 3 is 2.88 bits per heavy atom. The number of hydrogen-bond donors (Lipinski definition) is 2. The summed E-state index contributed by atoms with van der Waals surface area (Å²) < 4.78 is 5.59. The lowest BCUT2D eigenvalue weighted by Crippen LogP contribution is -2.52. The molecule has 0 aromatic rings. The van der Waals surface area contributed by atoms with Crippen LogP contribution in [0.5, 0.6) is 0 Å². The van der Waals surface area contributed by atoms with Crippen molar-refractivity contribution < 1.29 is 9.84 Å². The molecule has 1 aliphatic carbocycles. The highest BCUT2D eigenvalue weighted by molar-refractivity contribution is 4.89. The summed E-state index contributed by atoms with van der Waals surface area (Å²) in [6.07, 6.45) is 4.87. The minimum atomic E-state index is -0.00215. The lowest BCUT2D eigenvalue weighted by molar-refractivity contribution is -0.0533. The molecular formula is C13H26N2O2. The van der Waals surface area contributed by atoms with Crippen LogP contribution in [0.4, 0.5) is 0 Å². The number of ether oxygens (including phenoxy) is 1. The van der Waals surface area contributed by atoms with E-state index < -0.39 is 0 Å². The van der Waals surface area contributed by atoms with Crippen molar-refractivity contribution in [2.75, 3.05) is 33.4 Å². The molecule has 0 spiro atoms. The van der Waals surface area contributed by atoms with Crippen LogP contribution >= 0.6 is 0 Å². The van der Waals surface area contributed by atoms with Gasteiger partial charge >= 0.3 is 0 Å². The molecule has 1 aliphatic heterocycles. The van der Waals surface area contributed by atoms with Gasteiger partial charge in [-0.25, -0.2) is 0 Å². The largest absolute Gasteiger partial charge is 0.395 e. The van der Waals surface area contributed by atoms with E-state index in [2.05, 4.69) is 17.1 Å². The number of rotatable bonds is 6. The van der Waals surface area contributed by atoms with Crippen molar-refractivity contribution in [3.05, 3.63) is 0 Å². The van der Waals surface area contributed by atoms with Gasteiger partial charge in [-0.1, -0.05) is 0 Å². The van der Waals surface area contributed by atoms with E-state index in [9.17, 15) is 5.11 Å². The molecule has 2 fully saturated rings. The van der Waals surface area contributed by atoms with Crippen molar-refractivity contribution in [2.45, 2.75) is 50.3 Å². The summed E-state index contributed by atoms with van der Waals surface area (Å²) in [6, 6.07) is 0.882. The molecule has 2 aliphatic rings. The summed E-state index contributed by atoms with van der Waals surface area (Å²) >= 11 is 0. The Labute approximate surface area is 104 Å². The second-order valence-electron chi connectivity index (χ2n) is 5.81. The van der Waals surface area contributed by atoms with Gasteiger partial charge in [0.2, 0.25) is 0 Å². The third-order valence-corrected chi connectivity index (χ3v) is 3.98. The number of likely N-dealkylation sites (tertiary alicyclic amines) is 1. The monoisotopic (exact) mass is 242 g/mol. The molecule has 0 aromatic heterocycles. The summed E-state index contributed by atoms with van der Waals surface area (Å²) in [5.74, 6) is 0. The lowest BCUT2D eigenvalue weighted by atomic mass is 9.94. The van der Waals surface area contributed by atoms with Crippen LogP contribution in [0.1, 0.15) is 32.6 Å². The first-order chi connectivity index (χ1) is 8.15. The van der Waals surface area contributed by atoms with Crippen LogP contribution in [-0.2, 0) is 4.74 Å². The van der Waals surface area contributed by atoms with Crippen molar-refractivity contribution in [1.82, 2.24) is 10.2 Å². The molecule has 1 saturated heterocycles. The van der Waals surface area contributed by atoms with Gasteiger partial charge in [-0.2, -0.15) is 0 Å². The molecule has 1 saturated carbocycles. The maximum absolute atomic E-state index is 9.40. The van der Waals surface area contributed by atoms with Crippen LogP contribution < -0.4 is 5.32 Å². The van der Waals surface area contributed by atoms with E-state index in [1.165, 1.54) is 19.3 Å². The van der Waals surface area contributed by atoms with Crippen LogP contribution in [0.2, 0.25) is 0 Å². The molecule has 0 bridgehead atoms. The summed E-state index contributed by atoms with van der Waals surface area (Å²) in [7, 11) is 1.80. The van der Waals surface area contributed by atoms with Gasteiger partial charge in [0.1, 0.15) is 0 Å². The van der Waals surface area contributed by atoms with Crippen molar-refractivity contribution in [3.8, 4) is 0 Å². The molecule has 0 radical (unpaired) electrons. The molecular weight excluding hydrogens is 216 g/mol. The number of nitrogens with one attached hydrogen (secondary N) is 1. The van der Waals surface area contributed by atoms with Crippen LogP contribution in [0.3, 0.4) is 0 Å². The van der Waals surface area contributed by atoms with E-state index >= 15 is 0 Å². The van der Waals surface area contributed by atoms with Gasteiger partial charge in [0, 0.05) is 32.3 Å². The van der Waals surface area contributed by atoms with Crippen molar-refractivity contribution in [2.24, 2.45) is 0 Å². The number of aliphatic hydroxyl groups excluding tert-OH is 1. The van der Waals surface area contributed by atoms with Gasteiger partial charge in [-0.15, -0.1) is 0 Å². The van der Waals surface area contributed by atoms with Gasteiger partial charge in [-0.3, -0.25) is 4.90 Å². The Bertz CT molecular complexity index is 246. The number of methoxy groups -OCH3 is 1. The van der Waals surface area contributed by atoms with Gasteiger partial charge in [0.25, 0.3) is 0 Å². The number of nitrogens with zero attached hydrogens (tertiary/aromatic N) is 1. The average molecular weight is 242 g/mol.